The van der Waals surface area contributed by atoms with Gasteiger partial charge in [0.2, 0.25) is 0 Å². The molecule has 2 aliphatic rings. The van der Waals surface area contributed by atoms with Crippen molar-refractivity contribution in [2.45, 2.75) is 39.3 Å². The SMILES string of the molecule is CCOC(=O)C1CC1CN1CCc2nc(C)n(C(c3ccccc3)c3ccccc3)c(=O)c2C1. The molecular formula is C28H31N3O3. The molecule has 1 fully saturated rings. The third kappa shape index (κ3) is 4.42. The number of hydrogen-bond donors (Lipinski definition) is 0. The number of rotatable bonds is 7. The van der Waals surface area contributed by atoms with Crippen molar-refractivity contribution in [3.8, 4) is 0 Å². The second-order valence-corrected chi connectivity index (χ2v) is 9.32. The average molecular weight is 458 g/mol. The summed E-state index contributed by atoms with van der Waals surface area (Å²) in [6.45, 7) is 6.44. The molecule has 2 aromatic carbocycles. The summed E-state index contributed by atoms with van der Waals surface area (Å²) < 4.78 is 7.03. The Morgan fingerprint density at radius 2 is 1.74 bits per heavy atom. The minimum atomic E-state index is -0.236. The van der Waals surface area contributed by atoms with E-state index in [2.05, 4.69) is 29.2 Å². The Morgan fingerprint density at radius 3 is 2.35 bits per heavy atom. The molecule has 0 spiro atoms. The number of ether oxygens (including phenoxy) is 1. The maximum absolute atomic E-state index is 13.9. The number of carbonyl (C=O) groups is 1. The van der Waals surface area contributed by atoms with Gasteiger partial charge in [0, 0.05) is 26.1 Å². The summed E-state index contributed by atoms with van der Waals surface area (Å²) in [5, 5.41) is 0. The lowest BCUT2D eigenvalue weighted by Crippen LogP contribution is -2.41. The zero-order chi connectivity index (χ0) is 23.7. The van der Waals surface area contributed by atoms with E-state index >= 15 is 0 Å². The first-order valence-electron chi connectivity index (χ1n) is 12.2. The molecule has 0 amide bonds. The second kappa shape index (κ2) is 9.55. The molecule has 1 aliphatic heterocycles. The Morgan fingerprint density at radius 1 is 1.09 bits per heavy atom. The van der Waals surface area contributed by atoms with Crippen LogP contribution in [0.25, 0.3) is 0 Å². The van der Waals surface area contributed by atoms with Crippen LogP contribution in [0.1, 0.15) is 47.6 Å². The zero-order valence-electron chi connectivity index (χ0n) is 19.8. The van der Waals surface area contributed by atoms with Crippen molar-refractivity contribution in [1.82, 2.24) is 14.5 Å². The molecule has 176 valence electrons. The maximum Gasteiger partial charge on any atom is 0.309 e. The van der Waals surface area contributed by atoms with Crippen LogP contribution in [0.4, 0.5) is 0 Å². The van der Waals surface area contributed by atoms with E-state index in [-0.39, 0.29) is 23.5 Å². The van der Waals surface area contributed by atoms with Crippen LogP contribution in [0.2, 0.25) is 0 Å². The van der Waals surface area contributed by atoms with Gasteiger partial charge < -0.3 is 4.74 Å². The lowest BCUT2D eigenvalue weighted by molar-refractivity contribution is -0.145. The lowest BCUT2D eigenvalue weighted by atomic mass is 9.97. The highest BCUT2D eigenvalue weighted by atomic mass is 16.5. The standard InChI is InChI=1S/C28H31N3O3/c1-3-34-28(33)23-16-22(23)17-30-15-14-25-24(18-30)27(32)31(19(2)29-25)26(20-10-6-4-7-11-20)21-12-8-5-9-13-21/h4-13,22-23,26H,3,14-18H2,1-2H3. The molecule has 1 saturated carbocycles. The topological polar surface area (TPSA) is 64.4 Å². The van der Waals surface area contributed by atoms with Crippen LogP contribution in [0.15, 0.2) is 65.5 Å². The van der Waals surface area contributed by atoms with Crippen LogP contribution < -0.4 is 5.56 Å². The van der Waals surface area contributed by atoms with Crippen molar-refractivity contribution in [1.29, 1.82) is 0 Å². The third-order valence-electron chi connectivity index (χ3n) is 7.01. The average Bonchev–Trinajstić information content (AvgIpc) is 3.63. The van der Waals surface area contributed by atoms with E-state index < -0.39 is 0 Å². The Kier molecular flexibility index (Phi) is 6.33. The van der Waals surface area contributed by atoms with E-state index in [0.717, 1.165) is 54.1 Å². The predicted octanol–water partition coefficient (Wildman–Crippen LogP) is 3.75. The van der Waals surface area contributed by atoms with Crippen molar-refractivity contribution >= 4 is 5.97 Å². The van der Waals surface area contributed by atoms with Crippen LogP contribution >= 0.6 is 0 Å². The monoisotopic (exact) mass is 457 g/mol. The van der Waals surface area contributed by atoms with Crippen LogP contribution in [-0.2, 0) is 22.5 Å². The van der Waals surface area contributed by atoms with Crippen LogP contribution in [0, 0.1) is 18.8 Å². The molecule has 1 aliphatic carbocycles. The minimum absolute atomic E-state index is 0.00897. The Hall–Kier alpha value is -3.25. The van der Waals surface area contributed by atoms with Gasteiger partial charge in [0.05, 0.1) is 29.8 Å². The molecule has 0 radical (unpaired) electrons. The predicted molar refractivity (Wildman–Crippen MR) is 131 cm³/mol. The molecule has 34 heavy (non-hydrogen) atoms. The second-order valence-electron chi connectivity index (χ2n) is 9.32. The van der Waals surface area contributed by atoms with Crippen molar-refractivity contribution in [2.24, 2.45) is 11.8 Å². The highest BCUT2D eigenvalue weighted by Gasteiger charge is 2.45. The first-order valence-corrected chi connectivity index (χ1v) is 12.2. The number of esters is 1. The van der Waals surface area contributed by atoms with Gasteiger partial charge in [0.1, 0.15) is 5.82 Å². The third-order valence-corrected chi connectivity index (χ3v) is 7.01. The molecule has 3 aromatic rings. The van der Waals surface area contributed by atoms with E-state index in [0.29, 0.717) is 19.1 Å². The van der Waals surface area contributed by atoms with E-state index in [1.54, 1.807) is 0 Å². The molecule has 5 rings (SSSR count). The summed E-state index contributed by atoms with van der Waals surface area (Å²) >= 11 is 0. The zero-order valence-corrected chi connectivity index (χ0v) is 19.8. The van der Waals surface area contributed by atoms with Crippen LogP contribution in [0.5, 0.6) is 0 Å². The maximum atomic E-state index is 13.9. The highest BCUT2D eigenvalue weighted by molar-refractivity contribution is 5.75. The van der Waals surface area contributed by atoms with Gasteiger partial charge in [-0.15, -0.1) is 0 Å². The molecule has 0 bridgehead atoms. The smallest absolute Gasteiger partial charge is 0.309 e. The molecule has 1 aromatic heterocycles. The summed E-state index contributed by atoms with van der Waals surface area (Å²) in [6.07, 6.45) is 1.63. The Balaban J connectivity index is 1.46. The number of aromatic nitrogens is 2. The number of fused-ring (bicyclic) bond motifs is 1. The molecule has 0 N–H and O–H groups in total. The molecular weight excluding hydrogens is 426 g/mol. The van der Waals surface area contributed by atoms with Gasteiger partial charge in [-0.1, -0.05) is 60.7 Å². The summed E-state index contributed by atoms with van der Waals surface area (Å²) in [7, 11) is 0. The summed E-state index contributed by atoms with van der Waals surface area (Å²) in [4.78, 5) is 33.2. The number of carbonyl (C=O) groups excluding carboxylic acids is 1. The van der Waals surface area contributed by atoms with E-state index in [1.165, 1.54) is 0 Å². The van der Waals surface area contributed by atoms with Gasteiger partial charge in [-0.05, 0) is 37.3 Å². The number of aryl methyl sites for hydroxylation is 1. The van der Waals surface area contributed by atoms with Crippen molar-refractivity contribution in [3.63, 3.8) is 0 Å². The lowest BCUT2D eigenvalue weighted by Gasteiger charge is -2.30. The quantitative estimate of drug-likeness (QED) is 0.506. The minimum Gasteiger partial charge on any atom is -0.466 e. The molecule has 2 atom stereocenters. The molecule has 2 unspecified atom stereocenters. The van der Waals surface area contributed by atoms with Gasteiger partial charge in [-0.3, -0.25) is 19.1 Å². The molecule has 0 saturated heterocycles. The summed E-state index contributed by atoms with van der Waals surface area (Å²) in [5.74, 6) is 0.981. The summed E-state index contributed by atoms with van der Waals surface area (Å²) in [5.41, 5.74) is 3.84. The fourth-order valence-corrected chi connectivity index (χ4v) is 5.20. The number of hydrogen-bond acceptors (Lipinski definition) is 5. The van der Waals surface area contributed by atoms with Crippen LogP contribution in [-0.4, -0.2) is 40.1 Å². The van der Waals surface area contributed by atoms with Gasteiger partial charge in [0.25, 0.3) is 5.56 Å². The first-order chi connectivity index (χ1) is 16.6. The van der Waals surface area contributed by atoms with Crippen molar-refractivity contribution in [2.75, 3.05) is 19.7 Å². The first kappa shape index (κ1) is 22.5. The van der Waals surface area contributed by atoms with E-state index in [9.17, 15) is 9.59 Å². The normalized spacial score (nSPS) is 19.6. The number of nitrogens with zero attached hydrogens (tertiary/aromatic N) is 3. The van der Waals surface area contributed by atoms with Gasteiger partial charge in [-0.25, -0.2) is 4.98 Å². The Labute approximate surface area is 200 Å². The molecule has 2 heterocycles. The van der Waals surface area contributed by atoms with Gasteiger partial charge >= 0.3 is 5.97 Å². The van der Waals surface area contributed by atoms with Gasteiger partial charge in [-0.2, -0.15) is 0 Å². The van der Waals surface area contributed by atoms with Crippen molar-refractivity contribution < 1.29 is 9.53 Å². The Bertz CT molecular complexity index is 1180. The van der Waals surface area contributed by atoms with Gasteiger partial charge in [0.15, 0.2) is 0 Å². The highest BCUT2D eigenvalue weighted by Crippen LogP contribution is 2.40. The fraction of sp³-hybridized carbons (Fsp3) is 0.393. The molecule has 6 nitrogen and oxygen atoms in total. The number of benzene rings is 2. The summed E-state index contributed by atoms with van der Waals surface area (Å²) in [6, 6.07) is 20.1. The van der Waals surface area contributed by atoms with E-state index in [1.807, 2.05) is 54.8 Å². The van der Waals surface area contributed by atoms with Crippen molar-refractivity contribution in [3.05, 3.63) is 99.2 Å². The molecule has 6 heteroatoms. The van der Waals surface area contributed by atoms with Crippen LogP contribution in [0.3, 0.4) is 0 Å². The van der Waals surface area contributed by atoms with E-state index in [4.69, 9.17) is 9.72 Å². The largest absolute Gasteiger partial charge is 0.466 e. The fourth-order valence-electron chi connectivity index (χ4n) is 5.20.